The molecule has 1 amide bonds. The summed E-state index contributed by atoms with van der Waals surface area (Å²) in [4.78, 5) is 20.8. The van der Waals surface area contributed by atoms with Crippen molar-refractivity contribution in [2.45, 2.75) is 20.0 Å². The number of halogens is 4. The van der Waals surface area contributed by atoms with E-state index < -0.39 is 34.2 Å². The van der Waals surface area contributed by atoms with Gasteiger partial charge in [-0.25, -0.2) is 0 Å². The van der Waals surface area contributed by atoms with E-state index in [0.717, 1.165) is 12.1 Å². The maximum absolute atomic E-state index is 12.7. The van der Waals surface area contributed by atoms with Crippen LogP contribution in [0.4, 0.5) is 24.5 Å². The van der Waals surface area contributed by atoms with Crippen LogP contribution in [-0.4, -0.2) is 10.8 Å². The molecule has 0 fully saturated rings. The first-order valence-electron chi connectivity index (χ1n) is 5.29. The van der Waals surface area contributed by atoms with E-state index in [9.17, 15) is 28.1 Å². The Hall–Kier alpha value is -1.83. The average molecular weight is 313 g/mol. The van der Waals surface area contributed by atoms with Crippen LogP contribution < -0.4 is 5.32 Å². The summed E-state index contributed by atoms with van der Waals surface area (Å²) < 4.78 is 38.0. The number of anilines is 1. The van der Waals surface area contributed by atoms with Crippen LogP contribution in [0, 0.1) is 16.0 Å². The summed E-state index contributed by atoms with van der Waals surface area (Å²) in [6.45, 7) is 3.15. The van der Waals surface area contributed by atoms with Crippen LogP contribution >= 0.6 is 12.4 Å². The number of alkyl halides is 3. The zero-order valence-corrected chi connectivity index (χ0v) is 11.3. The predicted molar refractivity (Wildman–Crippen MR) is 68.8 cm³/mol. The van der Waals surface area contributed by atoms with Crippen molar-refractivity contribution in [2.75, 3.05) is 5.32 Å². The number of nitrogens with zero attached hydrogens (tertiary/aromatic N) is 1. The van der Waals surface area contributed by atoms with Gasteiger partial charge in [0.2, 0.25) is 5.91 Å². The number of hydrogen-bond donors (Lipinski definition) is 1. The maximum Gasteiger partial charge on any atom is 0.423 e. The van der Waals surface area contributed by atoms with Gasteiger partial charge >= 0.3 is 6.18 Å². The van der Waals surface area contributed by atoms with Crippen molar-refractivity contribution in [2.24, 2.45) is 5.92 Å². The minimum atomic E-state index is -4.86. The number of rotatable bonds is 3. The minimum absolute atomic E-state index is 0. The van der Waals surface area contributed by atoms with Gasteiger partial charge in [-0.05, 0) is 12.1 Å². The number of benzene rings is 1. The zero-order chi connectivity index (χ0) is 14.8. The molecule has 0 saturated heterocycles. The third kappa shape index (κ3) is 4.37. The minimum Gasteiger partial charge on any atom is -0.326 e. The van der Waals surface area contributed by atoms with Crippen molar-refractivity contribution in [1.29, 1.82) is 0 Å². The lowest BCUT2D eigenvalue weighted by Gasteiger charge is -2.11. The highest BCUT2D eigenvalue weighted by molar-refractivity contribution is 5.92. The normalized spacial score (nSPS) is 10.9. The van der Waals surface area contributed by atoms with Crippen molar-refractivity contribution >= 4 is 29.7 Å². The Morgan fingerprint density at radius 3 is 2.30 bits per heavy atom. The Morgan fingerprint density at radius 2 is 1.90 bits per heavy atom. The molecule has 1 aromatic carbocycles. The molecule has 20 heavy (non-hydrogen) atoms. The Kier molecular flexibility index (Phi) is 5.96. The third-order valence-corrected chi connectivity index (χ3v) is 2.29. The number of nitro groups is 1. The summed E-state index contributed by atoms with van der Waals surface area (Å²) in [5, 5.41) is 12.8. The number of hydrogen-bond acceptors (Lipinski definition) is 3. The van der Waals surface area contributed by atoms with Crippen LogP contribution in [0.1, 0.15) is 19.4 Å². The number of nitrogens with one attached hydrogen (secondary N) is 1. The van der Waals surface area contributed by atoms with Crippen LogP contribution in [0.25, 0.3) is 0 Å². The molecule has 0 atom stereocenters. The third-order valence-electron chi connectivity index (χ3n) is 2.29. The Morgan fingerprint density at radius 1 is 1.35 bits per heavy atom. The highest BCUT2D eigenvalue weighted by Gasteiger charge is 2.38. The molecule has 0 aliphatic rings. The van der Waals surface area contributed by atoms with Gasteiger partial charge in [0.1, 0.15) is 5.56 Å². The van der Waals surface area contributed by atoms with E-state index in [1.54, 1.807) is 13.8 Å². The highest BCUT2D eigenvalue weighted by atomic mass is 35.5. The van der Waals surface area contributed by atoms with Crippen molar-refractivity contribution in [3.05, 3.63) is 33.9 Å². The van der Waals surface area contributed by atoms with Gasteiger partial charge in [0.15, 0.2) is 0 Å². The second-order valence-corrected chi connectivity index (χ2v) is 4.13. The van der Waals surface area contributed by atoms with Gasteiger partial charge in [-0.15, -0.1) is 12.4 Å². The molecule has 5 nitrogen and oxygen atoms in total. The zero-order valence-electron chi connectivity index (χ0n) is 10.5. The quantitative estimate of drug-likeness (QED) is 0.684. The van der Waals surface area contributed by atoms with Crippen molar-refractivity contribution in [3.63, 3.8) is 0 Å². The van der Waals surface area contributed by atoms with Crippen LogP contribution in [0.2, 0.25) is 0 Å². The van der Waals surface area contributed by atoms with E-state index in [-0.39, 0.29) is 18.1 Å². The molecular formula is C11H12ClF3N2O3. The molecule has 112 valence electrons. The summed E-state index contributed by atoms with van der Waals surface area (Å²) in [7, 11) is 0. The van der Waals surface area contributed by atoms with Crippen molar-refractivity contribution < 1.29 is 22.9 Å². The molecule has 0 bridgehead atoms. The van der Waals surface area contributed by atoms with E-state index >= 15 is 0 Å². The fraction of sp³-hybridized carbons (Fsp3) is 0.364. The molecular weight excluding hydrogens is 301 g/mol. The molecule has 0 spiro atoms. The first-order chi connectivity index (χ1) is 8.62. The van der Waals surface area contributed by atoms with Gasteiger partial charge in [-0.3, -0.25) is 14.9 Å². The number of carbonyl (C=O) groups excluding carboxylic acids is 1. The molecule has 0 heterocycles. The van der Waals surface area contributed by atoms with E-state index in [2.05, 4.69) is 5.32 Å². The molecule has 9 heteroatoms. The predicted octanol–water partition coefficient (Wildman–Crippen LogP) is 3.63. The molecule has 1 aromatic rings. The average Bonchev–Trinajstić information content (AvgIpc) is 2.27. The highest BCUT2D eigenvalue weighted by Crippen LogP contribution is 2.37. The van der Waals surface area contributed by atoms with Gasteiger partial charge in [0.25, 0.3) is 5.69 Å². The lowest BCUT2D eigenvalue weighted by molar-refractivity contribution is -0.388. The van der Waals surface area contributed by atoms with E-state index in [4.69, 9.17) is 0 Å². The summed E-state index contributed by atoms with van der Waals surface area (Å²) in [6, 6.07) is 2.34. The number of carbonyl (C=O) groups is 1. The fourth-order valence-electron chi connectivity index (χ4n) is 1.29. The van der Waals surface area contributed by atoms with Crippen LogP contribution in [0.3, 0.4) is 0 Å². The largest absolute Gasteiger partial charge is 0.423 e. The van der Waals surface area contributed by atoms with Crippen molar-refractivity contribution in [3.8, 4) is 0 Å². The van der Waals surface area contributed by atoms with E-state index in [1.807, 2.05) is 0 Å². The smallest absolute Gasteiger partial charge is 0.326 e. The van der Waals surface area contributed by atoms with E-state index in [1.165, 1.54) is 0 Å². The topological polar surface area (TPSA) is 72.2 Å². The van der Waals surface area contributed by atoms with Crippen molar-refractivity contribution in [1.82, 2.24) is 0 Å². The molecule has 1 rings (SSSR count). The summed E-state index contributed by atoms with van der Waals surface area (Å²) in [5.41, 5.74) is -2.56. The Bertz CT molecular complexity index is 518. The van der Waals surface area contributed by atoms with Gasteiger partial charge in [-0.2, -0.15) is 13.2 Å². The summed E-state index contributed by atoms with van der Waals surface area (Å²) >= 11 is 0. The Labute approximate surface area is 118 Å². The maximum atomic E-state index is 12.7. The van der Waals surface area contributed by atoms with Crippen LogP contribution in [-0.2, 0) is 11.0 Å². The lowest BCUT2D eigenvalue weighted by Crippen LogP contribution is -2.18. The number of amides is 1. The van der Waals surface area contributed by atoms with Crippen LogP contribution in [0.15, 0.2) is 18.2 Å². The standard InChI is InChI=1S/C11H11F3N2O3.ClH/c1-6(2)10(17)15-7-3-4-9(16(18)19)8(5-7)11(12,13)14;/h3-6H,1-2H3,(H,15,17);1H. The summed E-state index contributed by atoms with van der Waals surface area (Å²) in [6.07, 6.45) is -4.86. The summed E-state index contributed by atoms with van der Waals surface area (Å²) in [5.74, 6) is -0.883. The second-order valence-electron chi connectivity index (χ2n) is 4.13. The molecule has 1 N–H and O–H groups in total. The SMILES string of the molecule is CC(C)C(=O)Nc1ccc([N+](=O)[O-])c(C(F)(F)F)c1.Cl. The monoisotopic (exact) mass is 312 g/mol. The first-order valence-corrected chi connectivity index (χ1v) is 5.29. The molecule has 0 saturated carbocycles. The second kappa shape index (κ2) is 6.56. The fourth-order valence-corrected chi connectivity index (χ4v) is 1.29. The number of nitro benzene ring substituents is 1. The lowest BCUT2D eigenvalue weighted by atomic mass is 10.1. The first kappa shape index (κ1) is 18.2. The Balaban J connectivity index is 0.00000361. The molecule has 0 aliphatic heterocycles. The molecule has 0 unspecified atom stereocenters. The van der Waals surface area contributed by atoms with Gasteiger partial charge in [-0.1, -0.05) is 13.8 Å². The molecule has 0 aliphatic carbocycles. The van der Waals surface area contributed by atoms with Gasteiger partial charge in [0, 0.05) is 17.7 Å². The molecule has 0 radical (unpaired) electrons. The van der Waals surface area contributed by atoms with Gasteiger partial charge < -0.3 is 5.32 Å². The van der Waals surface area contributed by atoms with Crippen LogP contribution in [0.5, 0.6) is 0 Å². The van der Waals surface area contributed by atoms with E-state index in [0.29, 0.717) is 6.07 Å². The van der Waals surface area contributed by atoms with Gasteiger partial charge in [0.05, 0.1) is 4.92 Å². The molecule has 0 aromatic heterocycles.